The van der Waals surface area contributed by atoms with Crippen LogP contribution in [0.4, 0.5) is 0 Å². The van der Waals surface area contributed by atoms with E-state index in [1.807, 2.05) is 0 Å². The van der Waals surface area contributed by atoms with Gasteiger partial charge in [0, 0.05) is 37.9 Å². The molecule has 5 nitrogen and oxygen atoms in total. The lowest BCUT2D eigenvalue weighted by molar-refractivity contribution is -0.138. The van der Waals surface area contributed by atoms with Crippen LogP contribution in [0.3, 0.4) is 0 Å². The highest BCUT2D eigenvalue weighted by atomic mass is 16.2. The number of aryl methyl sites for hydroxylation is 1. The molecule has 4 rings (SSSR count). The summed E-state index contributed by atoms with van der Waals surface area (Å²) in [5.74, 6) is 4.25. The molecule has 0 N–H and O–H groups in total. The summed E-state index contributed by atoms with van der Waals surface area (Å²) in [6.45, 7) is 5.12. The number of carbonyl (C=O) groups excluding carboxylic acids is 1. The van der Waals surface area contributed by atoms with Crippen LogP contribution in [-0.4, -0.2) is 38.7 Å². The third kappa shape index (κ3) is 4.44. The number of unbranched alkanes of at least 4 members (excludes halogenated alkanes) is 1. The second-order valence-corrected chi connectivity index (χ2v) is 9.42. The highest BCUT2D eigenvalue weighted by molar-refractivity contribution is 5.79. The molecule has 5 heteroatoms. The Morgan fingerprint density at radius 1 is 1.00 bits per heavy atom. The Morgan fingerprint density at radius 3 is 2.68 bits per heavy atom. The molecule has 2 fully saturated rings. The van der Waals surface area contributed by atoms with Gasteiger partial charge in [-0.05, 0) is 57.3 Å². The summed E-state index contributed by atoms with van der Waals surface area (Å²) in [7, 11) is 0. The molecule has 0 radical (unpaired) electrons. The average molecular weight is 387 g/mol. The number of rotatable bonds is 5. The summed E-state index contributed by atoms with van der Waals surface area (Å²) in [4.78, 5) is 15.4. The van der Waals surface area contributed by atoms with Gasteiger partial charge in [-0.1, -0.05) is 32.6 Å². The lowest BCUT2D eigenvalue weighted by Crippen LogP contribution is -2.43. The number of fused-ring (bicyclic) bond motifs is 1. The molecule has 28 heavy (non-hydrogen) atoms. The zero-order chi connectivity index (χ0) is 19.3. The van der Waals surface area contributed by atoms with Crippen LogP contribution in [0, 0.1) is 11.8 Å². The molecule has 0 aromatic carbocycles. The van der Waals surface area contributed by atoms with Crippen LogP contribution in [0.2, 0.25) is 0 Å². The molecule has 3 aliphatic rings. The molecule has 3 heterocycles. The van der Waals surface area contributed by atoms with Crippen LogP contribution in [-0.2, 0) is 17.8 Å². The van der Waals surface area contributed by atoms with Crippen molar-refractivity contribution in [2.24, 2.45) is 11.8 Å². The third-order valence-electron chi connectivity index (χ3n) is 7.40. The Balaban J connectivity index is 1.35. The monoisotopic (exact) mass is 386 g/mol. The number of hydrogen-bond donors (Lipinski definition) is 0. The Labute approximate surface area is 170 Å². The first-order valence-electron chi connectivity index (χ1n) is 12.0. The van der Waals surface area contributed by atoms with E-state index in [9.17, 15) is 4.79 Å². The zero-order valence-corrected chi connectivity index (χ0v) is 17.7. The number of nitrogens with zero attached hydrogens (tertiary/aromatic N) is 4. The van der Waals surface area contributed by atoms with Gasteiger partial charge >= 0.3 is 0 Å². The minimum Gasteiger partial charge on any atom is -0.342 e. The molecule has 0 bridgehead atoms. The minimum absolute atomic E-state index is 0.271. The predicted octanol–water partition coefficient (Wildman–Crippen LogP) is 4.71. The van der Waals surface area contributed by atoms with E-state index in [0.29, 0.717) is 11.8 Å². The van der Waals surface area contributed by atoms with Crippen molar-refractivity contribution < 1.29 is 4.79 Å². The van der Waals surface area contributed by atoms with Crippen LogP contribution in [0.25, 0.3) is 0 Å². The third-order valence-corrected chi connectivity index (χ3v) is 7.40. The highest BCUT2D eigenvalue weighted by Gasteiger charge is 2.34. The normalized spacial score (nSPS) is 28.6. The van der Waals surface area contributed by atoms with E-state index in [1.165, 1.54) is 57.2 Å². The topological polar surface area (TPSA) is 51.0 Å². The van der Waals surface area contributed by atoms with E-state index in [-0.39, 0.29) is 5.92 Å². The highest BCUT2D eigenvalue weighted by Crippen LogP contribution is 2.35. The van der Waals surface area contributed by atoms with Crippen LogP contribution in [0.15, 0.2) is 0 Å². The Bertz CT molecular complexity index is 647. The Morgan fingerprint density at radius 2 is 1.86 bits per heavy atom. The maximum Gasteiger partial charge on any atom is 0.225 e. The van der Waals surface area contributed by atoms with E-state index in [1.54, 1.807) is 0 Å². The van der Waals surface area contributed by atoms with Crippen molar-refractivity contribution in [1.82, 2.24) is 19.7 Å². The molecule has 1 atom stereocenters. The van der Waals surface area contributed by atoms with Gasteiger partial charge in [0.2, 0.25) is 5.91 Å². The Hall–Kier alpha value is -1.39. The fraction of sp³-hybridized carbons (Fsp3) is 0.870. The van der Waals surface area contributed by atoms with Gasteiger partial charge in [0.1, 0.15) is 11.6 Å². The predicted molar refractivity (Wildman–Crippen MR) is 111 cm³/mol. The maximum atomic E-state index is 13.2. The molecular formula is C23H38N4O. The number of aromatic nitrogens is 3. The van der Waals surface area contributed by atoms with E-state index in [2.05, 4.69) is 26.6 Å². The summed E-state index contributed by atoms with van der Waals surface area (Å²) < 4.78 is 2.38. The summed E-state index contributed by atoms with van der Waals surface area (Å²) in [6, 6.07) is 0. The first-order valence-corrected chi connectivity index (χ1v) is 12.0. The van der Waals surface area contributed by atoms with Gasteiger partial charge < -0.3 is 9.47 Å². The lowest BCUT2D eigenvalue weighted by atomic mass is 9.79. The van der Waals surface area contributed by atoms with Crippen molar-refractivity contribution in [2.45, 2.75) is 103 Å². The smallest absolute Gasteiger partial charge is 0.225 e. The molecule has 1 aliphatic carbocycles. The second kappa shape index (κ2) is 9.41. The summed E-state index contributed by atoms with van der Waals surface area (Å²) in [5, 5.41) is 9.08. The number of hydrogen-bond acceptors (Lipinski definition) is 3. The van der Waals surface area contributed by atoms with Crippen LogP contribution in [0.5, 0.6) is 0 Å². The first-order chi connectivity index (χ1) is 13.8. The standard InChI is InChI=1S/C23H38N4O/c1-2-3-8-18-11-13-19(14-12-18)23(28)26-15-7-9-20(17-26)22-25-24-21-10-5-4-6-16-27(21)22/h18-20H,2-17H2,1H3/t18?,19?,20-/m1/s1. The molecule has 0 spiro atoms. The van der Waals surface area contributed by atoms with Crippen molar-refractivity contribution in [2.75, 3.05) is 13.1 Å². The summed E-state index contributed by atoms with van der Waals surface area (Å²) in [6.07, 6.45) is 15.8. The molecule has 2 aliphatic heterocycles. The molecule has 1 amide bonds. The summed E-state index contributed by atoms with van der Waals surface area (Å²) in [5.41, 5.74) is 0. The van der Waals surface area contributed by atoms with Gasteiger partial charge in [0.15, 0.2) is 0 Å². The lowest BCUT2D eigenvalue weighted by Gasteiger charge is -2.36. The maximum absolute atomic E-state index is 13.2. The van der Waals surface area contributed by atoms with Gasteiger partial charge in [-0.3, -0.25) is 4.79 Å². The van der Waals surface area contributed by atoms with Crippen LogP contribution in [0.1, 0.15) is 102 Å². The van der Waals surface area contributed by atoms with Crippen molar-refractivity contribution >= 4 is 5.91 Å². The number of likely N-dealkylation sites (tertiary alicyclic amines) is 1. The molecule has 1 saturated carbocycles. The minimum atomic E-state index is 0.271. The van der Waals surface area contributed by atoms with Gasteiger partial charge in [-0.15, -0.1) is 10.2 Å². The van der Waals surface area contributed by atoms with Crippen LogP contribution >= 0.6 is 0 Å². The van der Waals surface area contributed by atoms with Crippen LogP contribution < -0.4 is 0 Å². The van der Waals surface area contributed by atoms with Crippen molar-refractivity contribution in [3.05, 3.63) is 11.6 Å². The molecule has 0 unspecified atom stereocenters. The van der Waals surface area contributed by atoms with E-state index >= 15 is 0 Å². The molecule has 156 valence electrons. The molecule has 1 aromatic heterocycles. The molecule has 1 aromatic rings. The van der Waals surface area contributed by atoms with Crippen molar-refractivity contribution in [1.29, 1.82) is 0 Å². The number of piperidine rings is 1. The van der Waals surface area contributed by atoms with Gasteiger partial charge in [0.25, 0.3) is 0 Å². The molecular weight excluding hydrogens is 348 g/mol. The number of carbonyl (C=O) groups is 1. The van der Waals surface area contributed by atoms with Gasteiger partial charge in [0.05, 0.1) is 0 Å². The SMILES string of the molecule is CCCCC1CCC(C(=O)N2CCC[C@@H](c3nnc4n3CCCCC4)C2)CC1. The zero-order valence-electron chi connectivity index (χ0n) is 17.7. The fourth-order valence-electron chi connectivity index (χ4n) is 5.65. The van der Waals surface area contributed by atoms with Crippen molar-refractivity contribution in [3.8, 4) is 0 Å². The van der Waals surface area contributed by atoms with Gasteiger partial charge in [-0.25, -0.2) is 0 Å². The largest absolute Gasteiger partial charge is 0.342 e. The average Bonchev–Trinajstić information content (AvgIpc) is 3.00. The summed E-state index contributed by atoms with van der Waals surface area (Å²) >= 11 is 0. The molecule has 1 saturated heterocycles. The van der Waals surface area contributed by atoms with E-state index < -0.39 is 0 Å². The van der Waals surface area contributed by atoms with Crippen molar-refractivity contribution in [3.63, 3.8) is 0 Å². The fourth-order valence-corrected chi connectivity index (χ4v) is 5.65. The van der Waals surface area contributed by atoms with E-state index in [0.717, 1.165) is 63.5 Å². The van der Waals surface area contributed by atoms with Gasteiger partial charge in [-0.2, -0.15) is 0 Å². The quantitative estimate of drug-likeness (QED) is 0.736. The van der Waals surface area contributed by atoms with E-state index in [4.69, 9.17) is 0 Å². The number of amides is 1. The first kappa shape index (κ1) is 19.9. The second-order valence-electron chi connectivity index (χ2n) is 9.42. The Kier molecular flexibility index (Phi) is 6.69.